The number of nitrogens with zero attached hydrogens (tertiary/aromatic N) is 10. The molecule has 0 radical (unpaired) electrons. The van der Waals surface area contributed by atoms with Gasteiger partial charge >= 0.3 is 21.2 Å². The highest BCUT2D eigenvalue weighted by molar-refractivity contribution is 7.99. The Labute approximate surface area is 486 Å². The number of hydrogen-bond donors (Lipinski definition) is 5. The normalized spacial score (nSPS) is 12.2. The van der Waals surface area contributed by atoms with Gasteiger partial charge < -0.3 is 14.6 Å². The predicted octanol–water partition coefficient (Wildman–Crippen LogP) is 8.52. The molecule has 5 N–H and O–H groups in total. The second-order valence-electron chi connectivity index (χ2n) is 17.0. The number of azo groups is 3. The number of aromatic hydroxyl groups is 1. The Morgan fingerprint density at radius 2 is 1.30 bits per heavy atom. The summed E-state index contributed by atoms with van der Waals surface area (Å²) in [7, 11) is -22.9. The molecule has 0 saturated carbocycles. The van der Waals surface area contributed by atoms with Crippen LogP contribution in [-0.2, 0) is 61.7 Å². The maximum Gasteiger partial charge on any atom is 0.425 e. The number of pyridine rings is 1. The average molecular weight is 1310 g/mol. The Balaban J connectivity index is 0.00000133. The number of imidazole rings is 1. The maximum absolute atomic E-state index is 12.4. The molecule has 84 heavy (non-hydrogen) atoms. The predicted molar refractivity (Wildman–Crippen MR) is 300 cm³/mol. The number of hydrogen-bond acceptors (Lipinski definition) is 28. The monoisotopic (exact) mass is 1310 g/mol. The fourth-order valence-electron chi connectivity index (χ4n) is 7.59. The molecule has 0 atom stereocenters. The molecule has 0 unspecified atom stereocenters. The summed E-state index contributed by atoms with van der Waals surface area (Å²) in [6.45, 7) is 4.66. The van der Waals surface area contributed by atoms with Crippen LogP contribution < -0.4 is 9.47 Å². The fraction of sp³-hybridized carbons (Fsp3) is 0.222. The molecular weight excluding hydrogens is 1270 g/mol. The van der Waals surface area contributed by atoms with E-state index in [4.69, 9.17) is 34.7 Å². The topological polar surface area (TPSA) is 487 Å². The van der Waals surface area contributed by atoms with E-state index < -0.39 is 83.0 Å². The molecule has 0 amide bonds. The van der Waals surface area contributed by atoms with Gasteiger partial charge in [0.1, 0.15) is 39.2 Å². The molecule has 3 aromatic heterocycles. The molecule has 0 aliphatic heterocycles. The molecular formula is C45H40N10O21S8. The van der Waals surface area contributed by atoms with Crippen molar-refractivity contribution in [2.45, 2.75) is 48.3 Å². The zero-order valence-electron chi connectivity index (χ0n) is 43.1. The molecule has 31 nitrogen and oxygen atoms in total. The van der Waals surface area contributed by atoms with Crippen LogP contribution in [0.3, 0.4) is 0 Å². The molecule has 444 valence electrons. The Bertz CT molecular complexity index is 4780. The number of benzene rings is 5. The molecule has 0 bridgehead atoms. The fourth-order valence-corrected chi connectivity index (χ4v) is 11.9. The van der Waals surface area contributed by atoms with Crippen molar-refractivity contribution < 1.29 is 91.7 Å². The van der Waals surface area contributed by atoms with E-state index >= 15 is 0 Å². The number of aromatic nitrogens is 3. The number of thiazole rings is 1. The van der Waals surface area contributed by atoms with Crippen LogP contribution in [0.2, 0.25) is 0 Å². The van der Waals surface area contributed by atoms with Crippen molar-refractivity contribution in [3.63, 3.8) is 0 Å². The number of rotatable bonds is 19. The molecule has 0 spiro atoms. The van der Waals surface area contributed by atoms with Gasteiger partial charge in [0.05, 0.1) is 62.9 Å². The number of ether oxygens (including phenoxy) is 2. The Morgan fingerprint density at radius 1 is 0.702 bits per heavy atom. The summed E-state index contributed by atoms with van der Waals surface area (Å²) < 4.78 is 197. The molecule has 39 heteroatoms. The largest absolute Gasteiger partial charge is 0.497 e. The first-order valence-electron chi connectivity index (χ1n) is 22.9. The summed E-state index contributed by atoms with van der Waals surface area (Å²) >= 11 is 1.95. The van der Waals surface area contributed by atoms with E-state index in [0.29, 0.717) is 32.8 Å². The van der Waals surface area contributed by atoms with Crippen LogP contribution in [0.1, 0.15) is 35.1 Å². The minimum absolute atomic E-state index is 0.0182. The lowest BCUT2D eigenvalue weighted by Crippen LogP contribution is -2.08. The van der Waals surface area contributed by atoms with Crippen molar-refractivity contribution in [2.75, 3.05) is 31.0 Å². The van der Waals surface area contributed by atoms with Gasteiger partial charge in [0.15, 0.2) is 11.3 Å². The van der Waals surface area contributed by atoms with Gasteiger partial charge in [-0.2, -0.15) is 44.0 Å². The van der Waals surface area contributed by atoms with E-state index in [-0.39, 0.29) is 108 Å². The summed E-state index contributed by atoms with van der Waals surface area (Å²) in [5, 5.41) is 48.3. The van der Waals surface area contributed by atoms with Gasteiger partial charge in [0.25, 0.3) is 40.5 Å². The zero-order chi connectivity index (χ0) is 62.2. The maximum atomic E-state index is 12.4. The van der Waals surface area contributed by atoms with E-state index in [1.807, 2.05) is 0 Å². The molecule has 8 rings (SSSR count). The Kier molecular flexibility index (Phi) is 20.8. The molecule has 5 aromatic carbocycles. The van der Waals surface area contributed by atoms with Crippen molar-refractivity contribution in [1.82, 2.24) is 14.4 Å². The van der Waals surface area contributed by atoms with E-state index in [0.717, 1.165) is 41.3 Å². The van der Waals surface area contributed by atoms with Gasteiger partial charge in [0, 0.05) is 28.0 Å². The van der Waals surface area contributed by atoms with Crippen molar-refractivity contribution in [2.24, 2.45) is 30.7 Å². The molecule has 8 aromatic rings. The highest BCUT2D eigenvalue weighted by Gasteiger charge is 2.24. The van der Waals surface area contributed by atoms with Crippen LogP contribution in [0.15, 0.2) is 112 Å². The highest BCUT2D eigenvalue weighted by Crippen LogP contribution is 2.44. The molecule has 0 aliphatic rings. The van der Waals surface area contributed by atoms with Crippen molar-refractivity contribution in [1.29, 1.82) is 5.26 Å². The lowest BCUT2D eigenvalue weighted by molar-refractivity contribution is 0.317. The summed E-state index contributed by atoms with van der Waals surface area (Å²) in [5.41, 5.74) is 2.82. The van der Waals surface area contributed by atoms with Crippen LogP contribution >= 0.6 is 23.1 Å². The van der Waals surface area contributed by atoms with E-state index in [1.54, 1.807) is 51.1 Å². The SMILES string of the molecule is COc1ccc2c(c1)nc1c(C#N)c(C)c(N=Nc3cc(C)c(N=Nc4cc(C)c(N=Nc5nc6c(S(=O)(=O)O)cc7ccc(S(=O)(=O)O)cc7c6s5)cc4SCCCS(=O)(=O)O)cc3OCCCS(=O)(=O)O)c(O)n12.O=S(=O)=O.O=S(=O)=O. The highest BCUT2D eigenvalue weighted by atomic mass is 32.2. The van der Waals surface area contributed by atoms with Crippen LogP contribution in [0, 0.1) is 32.1 Å². The van der Waals surface area contributed by atoms with Gasteiger partial charge in [-0.05, 0) is 104 Å². The standard InChI is InChI=1S/C45H40N10O15S6.2O3S/c1-23-15-34(51-53-40-25(3)30(22-46)43-47-33-18-27(69-4)8-10-36(33)55(43)44(40)56)37(70-11-5-13-73(57,58)59)20-31(23)49-52-35-16-24(2)32(21-38(35)71-12-6-14-74(60,61)62)50-54-45-48-41-39(76(66,67)68)17-26-7-9-28(75(63,64)65)19-29(26)42(41)72-45;2*1-4(2)3/h7-10,15-21,56H,5-6,11-14H2,1-4H3,(H,57,58,59)(H,60,61,62)(H,63,64,65)(H,66,67,68);;. The van der Waals surface area contributed by atoms with Gasteiger partial charge in [-0.3, -0.25) is 22.6 Å². The first-order chi connectivity index (χ1) is 39.2. The van der Waals surface area contributed by atoms with Gasteiger partial charge in [-0.1, -0.05) is 17.4 Å². The zero-order valence-corrected chi connectivity index (χ0v) is 49.6. The smallest absolute Gasteiger partial charge is 0.425 e. The summed E-state index contributed by atoms with van der Waals surface area (Å²) in [6.07, 6.45) is -0.119. The van der Waals surface area contributed by atoms with Gasteiger partial charge in [0.2, 0.25) is 11.0 Å². The first-order valence-corrected chi connectivity index (χ1v) is 32.8. The number of fused-ring (bicyclic) bond motifs is 6. The summed E-state index contributed by atoms with van der Waals surface area (Å²) in [4.78, 5) is 8.15. The van der Waals surface area contributed by atoms with E-state index in [9.17, 15) is 62.3 Å². The molecule has 0 saturated heterocycles. The molecule has 3 heterocycles. The number of aryl methyl sites for hydroxylation is 2. The van der Waals surface area contributed by atoms with E-state index in [1.165, 1.54) is 29.7 Å². The number of nitriles is 1. The van der Waals surface area contributed by atoms with Gasteiger partial charge in [-0.15, -0.1) is 62.6 Å². The third kappa shape index (κ3) is 16.9. The van der Waals surface area contributed by atoms with E-state index in [2.05, 4.69) is 46.7 Å². The molecule has 0 aliphatic carbocycles. The average Bonchev–Trinajstić information content (AvgIpc) is 1.98. The summed E-state index contributed by atoms with van der Waals surface area (Å²) in [6, 6.07) is 17.7. The minimum atomic E-state index is -4.86. The van der Waals surface area contributed by atoms with Crippen LogP contribution in [0.4, 0.5) is 33.6 Å². The third-order valence-electron chi connectivity index (χ3n) is 11.3. The third-order valence-corrected chi connectivity index (χ3v) is 16.7. The van der Waals surface area contributed by atoms with Crippen LogP contribution in [-0.4, -0.2) is 128 Å². The Morgan fingerprint density at radius 3 is 1.90 bits per heavy atom. The second-order valence-corrected chi connectivity index (χ2v) is 25.9. The van der Waals surface area contributed by atoms with Crippen molar-refractivity contribution in [3.05, 3.63) is 89.0 Å². The van der Waals surface area contributed by atoms with Crippen LogP contribution in [0.5, 0.6) is 17.4 Å². The second kappa shape index (κ2) is 26.8. The minimum Gasteiger partial charge on any atom is -0.497 e. The van der Waals surface area contributed by atoms with Crippen molar-refractivity contribution >= 4 is 156 Å². The first kappa shape index (κ1) is 65.3. The number of thioether (sulfide) groups is 1. The lowest BCUT2D eigenvalue weighted by atomic mass is 10.1. The van der Waals surface area contributed by atoms with Crippen molar-refractivity contribution in [3.8, 4) is 23.4 Å². The Hall–Kier alpha value is -7.88. The quantitative estimate of drug-likeness (QED) is 0.0219. The summed E-state index contributed by atoms with van der Waals surface area (Å²) in [5.74, 6) is -0.869. The number of methoxy groups -OCH3 is 1. The van der Waals surface area contributed by atoms with Gasteiger partial charge in [-0.25, -0.2) is 9.97 Å². The lowest BCUT2D eigenvalue weighted by Gasteiger charge is -2.12. The van der Waals surface area contributed by atoms with Crippen LogP contribution in [0.25, 0.3) is 37.7 Å². The molecule has 0 fully saturated rings.